The normalized spacial score (nSPS) is 17.7. The summed E-state index contributed by atoms with van der Waals surface area (Å²) in [4.78, 5) is 32.7. The average molecular weight is 419 g/mol. The molecule has 1 atom stereocenters. The Morgan fingerprint density at radius 2 is 1.94 bits per heavy atom. The smallest absolute Gasteiger partial charge is 0.261 e. The Labute approximate surface area is 180 Å². The first kappa shape index (κ1) is 19.6. The van der Waals surface area contributed by atoms with Gasteiger partial charge in [-0.05, 0) is 49.6 Å². The van der Waals surface area contributed by atoms with Crippen LogP contribution in [0.4, 0.5) is 0 Å². The number of hydrogen-bond donors (Lipinski definition) is 0. The summed E-state index contributed by atoms with van der Waals surface area (Å²) in [5, 5.41) is 0.567. The number of nitrogens with zero attached hydrogens (tertiary/aromatic N) is 3. The van der Waals surface area contributed by atoms with Crippen molar-refractivity contribution in [2.45, 2.75) is 38.3 Å². The fourth-order valence-corrected chi connectivity index (χ4v) is 4.81. The molecule has 0 N–H and O–H groups in total. The van der Waals surface area contributed by atoms with E-state index in [9.17, 15) is 9.59 Å². The molecule has 5 rings (SSSR count). The molecule has 0 radical (unpaired) electrons. The van der Waals surface area contributed by atoms with Crippen LogP contribution in [0.3, 0.4) is 0 Å². The Hall–Kier alpha value is -3.35. The van der Waals surface area contributed by atoms with E-state index in [4.69, 9.17) is 9.47 Å². The van der Waals surface area contributed by atoms with Gasteiger partial charge in [0, 0.05) is 36.7 Å². The Morgan fingerprint density at radius 1 is 1.06 bits per heavy atom. The van der Waals surface area contributed by atoms with Crippen LogP contribution in [-0.2, 0) is 13.0 Å². The lowest BCUT2D eigenvalue weighted by Gasteiger charge is -2.26. The molecule has 2 aliphatic rings. The Morgan fingerprint density at radius 3 is 2.74 bits per heavy atom. The molecular weight excluding hydrogens is 394 g/mol. The highest BCUT2D eigenvalue weighted by Crippen LogP contribution is 2.39. The minimum Gasteiger partial charge on any atom is -0.497 e. The Balaban J connectivity index is 1.50. The van der Waals surface area contributed by atoms with E-state index in [1.165, 1.54) is 0 Å². The second kappa shape index (κ2) is 7.72. The molecule has 1 fully saturated rings. The highest BCUT2D eigenvalue weighted by atomic mass is 16.5. The van der Waals surface area contributed by atoms with Gasteiger partial charge in [-0.25, -0.2) is 4.98 Å². The van der Waals surface area contributed by atoms with E-state index >= 15 is 0 Å². The fourth-order valence-electron chi connectivity index (χ4n) is 4.81. The highest BCUT2D eigenvalue weighted by molar-refractivity contribution is 5.98. The number of likely N-dealkylation sites (tertiary alicyclic amines) is 1. The summed E-state index contributed by atoms with van der Waals surface area (Å²) in [5.74, 6) is 2.19. The molecule has 7 nitrogen and oxygen atoms in total. The maximum atomic E-state index is 13.5. The third-order valence-corrected chi connectivity index (χ3v) is 6.38. The highest BCUT2D eigenvalue weighted by Gasteiger charge is 2.33. The van der Waals surface area contributed by atoms with E-state index in [0.717, 1.165) is 49.4 Å². The van der Waals surface area contributed by atoms with Gasteiger partial charge in [-0.1, -0.05) is 0 Å². The van der Waals surface area contributed by atoms with Crippen molar-refractivity contribution in [2.75, 3.05) is 20.8 Å². The predicted molar refractivity (Wildman–Crippen MR) is 117 cm³/mol. The van der Waals surface area contributed by atoms with Crippen molar-refractivity contribution in [1.82, 2.24) is 14.5 Å². The summed E-state index contributed by atoms with van der Waals surface area (Å²) in [6.07, 6.45) is 3.53. The van der Waals surface area contributed by atoms with Crippen molar-refractivity contribution < 1.29 is 14.3 Å². The maximum Gasteiger partial charge on any atom is 0.261 e. The van der Waals surface area contributed by atoms with E-state index in [1.54, 1.807) is 37.0 Å². The van der Waals surface area contributed by atoms with Gasteiger partial charge >= 0.3 is 0 Å². The molecule has 3 heterocycles. The van der Waals surface area contributed by atoms with E-state index < -0.39 is 0 Å². The first-order chi connectivity index (χ1) is 15.1. The predicted octanol–water partition coefficient (Wildman–Crippen LogP) is 3.34. The summed E-state index contributed by atoms with van der Waals surface area (Å²) in [6.45, 7) is 1.40. The molecule has 160 valence electrons. The number of carbonyl (C=O) groups is 1. The molecule has 2 aromatic carbocycles. The molecule has 1 saturated heterocycles. The second-order valence-electron chi connectivity index (χ2n) is 8.08. The third-order valence-electron chi connectivity index (χ3n) is 6.38. The minimum absolute atomic E-state index is 0.0153. The number of carbonyl (C=O) groups excluding carboxylic acids is 1. The van der Waals surface area contributed by atoms with Gasteiger partial charge in [0.25, 0.3) is 11.5 Å². The van der Waals surface area contributed by atoms with E-state index in [-0.39, 0.29) is 17.5 Å². The van der Waals surface area contributed by atoms with Gasteiger partial charge in [-0.15, -0.1) is 0 Å². The fraction of sp³-hybridized carbons (Fsp3) is 0.375. The number of methoxy groups -OCH3 is 2. The zero-order valence-corrected chi connectivity index (χ0v) is 17.8. The number of benzene rings is 2. The monoisotopic (exact) mass is 419 g/mol. The molecule has 0 aliphatic carbocycles. The topological polar surface area (TPSA) is 73.7 Å². The molecule has 1 amide bonds. The van der Waals surface area contributed by atoms with Crippen LogP contribution in [0.5, 0.6) is 11.5 Å². The van der Waals surface area contributed by atoms with Crippen LogP contribution in [0, 0.1) is 0 Å². The second-order valence-corrected chi connectivity index (χ2v) is 8.08. The van der Waals surface area contributed by atoms with Gasteiger partial charge in [0.1, 0.15) is 17.3 Å². The molecule has 2 aliphatic heterocycles. The van der Waals surface area contributed by atoms with Gasteiger partial charge in [0.2, 0.25) is 0 Å². The van der Waals surface area contributed by atoms with Crippen LogP contribution in [0.15, 0.2) is 41.2 Å². The van der Waals surface area contributed by atoms with Gasteiger partial charge < -0.3 is 14.4 Å². The van der Waals surface area contributed by atoms with Crippen molar-refractivity contribution in [3.8, 4) is 11.5 Å². The van der Waals surface area contributed by atoms with Gasteiger partial charge in [0.05, 0.1) is 31.2 Å². The standard InChI is InChI=1S/C24H25N3O4/c1-30-16-8-10-18(21(14-16)31-2)20-5-3-11-26(20)23(28)15-7-9-17-19(13-15)25-22-6-4-12-27(22)24(17)29/h7-10,13-14,20H,3-6,11-12H2,1-2H3. The van der Waals surface area contributed by atoms with E-state index in [1.807, 2.05) is 23.1 Å². The van der Waals surface area contributed by atoms with Crippen LogP contribution >= 0.6 is 0 Å². The zero-order valence-electron chi connectivity index (χ0n) is 17.8. The number of aryl methyl sites for hydroxylation is 1. The summed E-state index contributed by atoms with van der Waals surface area (Å²) in [6, 6.07) is 10.9. The van der Waals surface area contributed by atoms with Gasteiger partial charge in [-0.3, -0.25) is 14.2 Å². The molecule has 3 aromatic rings. The van der Waals surface area contributed by atoms with Crippen LogP contribution in [0.25, 0.3) is 10.9 Å². The number of fused-ring (bicyclic) bond motifs is 2. The molecule has 1 aromatic heterocycles. The zero-order chi connectivity index (χ0) is 21.5. The van der Waals surface area contributed by atoms with Crippen LogP contribution in [-0.4, -0.2) is 41.1 Å². The summed E-state index contributed by atoms with van der Waals surface area (Å²) in [5.41, 5.74) is 2.12. The number of amides is 1. The third kappa shape index (κ3) is 3.24. The molecule has 0 spiro atoms. The number of ether oxygens (including phenoxy) is 2. The average Bonchev–Trinajstić information content (AvgIpc) is 3.47. The van der Waals surface area contributed by atoms with Crippen LogP contribution < -0.4 is 15.0 Å². The molecule has 0 saturated carbocycles. The lowest BCUT2D eigenvalue weighted by atomic mass is 10.0. The molecule has 31 heavy (non-hydrogen) atoms. The van der Waals surface area contributed by atoms with Gasteiger partial charge in [-0.2, -0.15) is 0 Å². The van der Waals surface area contributed by atoms with Gasteiger partial charge in [0.15, 0.2) is 0 Å². The van der Waals surface area contributed by atoms with Crippen molar-refractivity contribution in [3.05, 3.63) is 63.7 Å². The summed E-state index contributed by atoms with van der Waals surface area (Å²) < 4.78 is 12.6. The number of hydrogen-bond acceptors (Lipinski definition) is 5. The number of rotatable bonds is 4. The molecule has 1 unspecified atom stereocenters. The van der Waals surface area contributed by atoms with Crippen molar-refractivity contribution in [3.63, 3.8) is 0 Å². The SMILES string of the molecule is COc1ccc(C2CCCN2C(=O)c2ccc3c(=O)n4c(nc3c2)CCC4)c(OC)c1. The number of aromatic nitrogens is 2. The van der Waals surface area contributed by atoms with Crippen LogP contribution in [0.2, 0.25) is 0 Å². The first-order valence-corrected chi connectivity index (χ1v) is 10.7. The lowest BCUT2D eigenvalue weighted by Crippen LogP contribution is -2.31. The minimum atomic E-state index is -0.0670. The lowest BCUT2D eigenvalue weighted by molar-refractivity contribution is 0.0734. The Kier molecular flexibility index (Phi) is 4.88. The first-order valence-electron chi connectivity index (χ1n) is 10.7. The molecule has 0 bridgehead atoms. The van der Waals surface area contributed by atoms with Crippen molar-refractivity contribution in [2.24, 2.45) is 0 Å². The largest absolute Gasteiger partial charge is 0.497 e. The maximum absolute atomic E-state index is 13.5. The summed E-state index contributed by atoms with van der Waals surface area (Å²) >= 11 is 0. The van der Waals surface area contributed by atoms with Crippen LogP contribution in [0.1, 0.15) is 47.1 Å². The molecule has 7 heteroatoms. The molecular formula is C24H25N3O4. The Bertz CT molecular complexity index is 1230. The van der Waals surface area contributed by atoms with Crippen molar-refractivity contribution in [1.29, 1.82) is 0 Å². The van der Waals surface area contributed by atoms with E-state index in [2.05, 4.69) is 4.98 Å². The van der Waals surface area contributed by atoms with E-state index in [0.29, 0.717) is 28.8 Å². The quantitative estimate of drug-likeness (QED) is 0.649. The summed E-state index contributed by atoms with van der Waals surface area (Å²) in [7, 11) is 3.25. The van der Waals surface area contributed by atoms with Crippen molar-refractivity contribution >= 4 is 16.8 Å².